The summed E-state index contributed by atoms with van der Waals surface area (Å²) in [5.74, 6) is 0. The molecule has 16 heavy (non-hydrogen) atoms. The molecule has 0 saturated heterocycles. The van der Waals surface area contributed by atoms with Crippen molar-refractivity contribution in [3.63, 3.8) is 0 Å². The van der Waals surface area contributed by atoms with Gasteiger partial charge in [0, 0.05) is 6.54 Å². The Balaban J connectivity index is 2.74. The molecule has 5 heteroatoms. The molecule has 0 bridgehead atoms. The summed E-state index contributed by atoms with van der Waals surface area (Å²) < 4.78 is 25.9. The SMILES string of the molecule is CCC(O)CNS(=O)(=O)c1ccc(C)cc1. The zero-order chi connectivity index (χ0) is 12.2. The van der Waals surface area contributed by atoms with E-state index in [-0.39, 0.29) is 11.4 Å². The third kappa shape index (κ3) is 3.59. The highest BCUT2D eigenvalue weighted by atomic mass is 32.2. The zero-order valence-corrected chi connectivity index (χ0v) is 10.3. The normalized spacial score (nSPS) is 13.7. The van der Waals surface area contributed by atoms with E-state index in [0.717, 1.165) is 5.56 Å². The summed E-state index contributed by atoms with van der Waals surface area (Å²) in [6.45, 7) is 3.74. The van der Waals surface area contributed by atoms with E-state index in [4.69, 9.17) is 0 Å². The van der Waals surface area contributed by atoms with Gasteiger partial charge in [0.1, 0.15) is 0 Å². The molecule has 0 fully saturated rings. The number of sulfonamides is 1. The lowest BCUT2D eigenvalue weighted by atomic mass is 10.2. The van der Waals surface area contributed by atoms with Crippen LogP contribution in [0.3, 0.4) is 0 Å². The van der Waals surface area contributed by atoms with E-state index < -0.39 is 16.1 Å². The molecule has 0 aliphatic carbocycles. The number of aryl methyl sites for hydroxylation is 1. The largest absolute Gasteiger partial charge is 0.392 e. The first-order valence-electron chi connectivity index (χ1n) is 5.20. The number of nitrogens with one attached hydrogen (secondary N) is 1. The van der Waals surface area contributed by atoms with E-state index in [1.165, 1.54) is 0 Å². The van der Waals surface area contributed by atoms with Gasteiger partial charge in [-0.1, -0.05) is 24.6 Å². The Labute approximate surface area is 96.4 Å². The van der Waals surface area contributed by atoms with Gasteiger partial charge in [0.05, 0.1) is 11.0 Å². The van der Waals surface area contributed by atoms with Crippen molar-refractivity contribution in [2.45, 2.75) is 31.3 Å². The fourth-order valence-corrected chi connectivity index (χ4v) is 2.22. The Morgan fingerprint density at radius 1 is 1.31 bits per heavy atom. The zero-order valence-electron chi connectivity index (χ0n) is 9.47. The molecule has 1 unspecified atom stereocenters. The number of aliphatic hydroxyl groups excluding tert-OH is 1. The molecule has 0 heterocycles. The molecule has 1 rings (SSSR count). The second-order valence-electron chi connectivity index (χ2n) is 3.73. The molecule has 2 N–H and O–H groups in total. The lowest BCUT2D eigenvalue weighted by Gasteiger charge is -2.10. The van der Waals surface area contributed by atoms with Crippen molar-refractivity contribution in [1.29, 1.82) is 0 Å². The van der Waals surface area contributed by atoms with Gasteiger partial charge in [0.25, 0.3) is 0 Å². The number of hydrogen-bond acceptors (Lipinski definition) is 3. The summed E-state index contributed by atoms with van der Waals surface area (Å²) in [6, 6.07) is 6.58. The minimum Gasteiger partial charge on any atom is -0.392 e. The summed E-state index contributed by atoms with van der Waals surface area (Å²) >= 11 is 0. The minimum atomic E-state index is -3.49. The van der Waals surface area contributed by atoms with Crippen LogP contribution in [0, 0.1) is 6.92 Å². The maximum Gasteiger partial charge on any atom is 0.240 e. The lowest BCUT2D eigenvalue weighted by Crippen LogP contribution is -2.31. The van der Waals surface area contributed by atoms with Gasteiger partial charge < -0.3 is 5.11 Å². The standard InChI is InChI=1S/C11H17NO3S/c1-3-10(13)8-12-16(14,15)11-6-4-9(2)5-7-11/h4-7,10,12-13H,3,8H2,1-2H3. The average molecular weight is 243 g/mol. The van der Waals surface area contributed by atoms with Gasteiger partial charge in [-0.25, -0.2) is 13.1 Å². The smallest absolute Gasteiger partial charge is 0.240 e. The number of benzene rings is 1. The number of hydrogen-bond donors (Lipinski definition) is 2. The van der Waals surface area contributed by atoms with Crippen LogP contribution in [0.1, 0.15) is 18.9 Å². The van der Waals surface area contributed by atoms with Gasteiger partial charge in [-0.15, -0.1) is 0 Å². The fraction of sp³-hybridized carbons (Fsp3) is 0.455. The van der Waals surface area contributed by atoms with E-state index in [2.05, 4.69) is 4.72 Å². The van der Waals surface area contributed by atoms with Crippen LogP contribution >= 0.6 is 0 Å². The van der Waals surface area contributed by atoms with E-state index in [1.807, 2.05) is 6.92 Å². The maximum absolute atomic E-state index is 11.7. The number of rotatable bonds is 5. The Kier molecular flexibility index (Phi) is 4.46. The van der Waals surface area contributed by atoms with Gasteiger partial charge in [-0.3, -0.25) is 0 Å². The highest BCUT2D eigenvalue weighted by Gasteiger charge is 2.14. The summed E-state index contributed by atoms with van der Waals surface area (Å²) in [5.41, 5.74) is 1.01. The molecule has 1 aromatic carbocycles. The molecule has 4 nitrogen and oxygen atoms in total. The highest BCUT2D eigenvalue weighted by Crippen LogP contribution is 2.09. The van der Waals surface area contributed by atoms with Crippen molar-refractivity contribution in [3.05, 3.63) is 29.8 Å². The van der Waals surface area contributed by atoms with Gasteiger partial charge in [0.15, 0.2) is 0 Å². The fourth-order valence-electron chi connectivity index (χ4n) is 1.15. The second kappa shape index (κ2) is 5.43. The molecule has 0 spiro atoms. The van der Waals surface area contributed by atoms with Crippen LogP contribution in [0.5, 0.6) is 0 Å². The lowest BCUT2D eigenvalue weighted by molar-refractivity contribution is 0.174. The van der Waals surface area contributed by atoms with Crippen molar-refractivity contribution in [1.82, 2.24) is 4.72 Å². The predicted molar refractivity (Wildman–Crippen MR) is 62.7 cm³/mol. The first-order chi connectivity index (χ1) is 7.45. The van der Waals surface area contributed by atoms with Crippen molar-refractivity contribution in [3.8, 4) is 0 Å². The van der Waals surface area contributed by atoms with Gasteiger partial charge in [-0.2, -0.15) is 0 Å². The Morgan fingerprint density at radius 2 is 1.88 bits per heavy atom. The van der Waals surface area contributed by atoms with Crippen LogP contribution in [0.4, 0.5) is 0 Å². The summed E-state index contributed by atoms with van der Waals surface area (Å²) in [4.78, 5) is 0.224. The quantitative estimate of drug-likeness (QED) is 0.812. The predicted octanol–water partition coefficient (Wildman–Crippen LogP) is 1.04. The molecule has 1 aromatic rings. The molecular formula is C11H17NO3S. The number of aliphatic hydroxyl groups is 1. The monoisotopic (exact) mass is 243 g/mol. The summed E-state index contributed by atoms with van der Waals surface area (Å²) in [5, 5.41) is 9.29. The first-order valence-corrected chi connectivity index (χ1v) is 6.68. The van der Waals surface area contributed by atoms with Crippen LogP contribution in [0.2, 0.25) is 0 Å². The van der Waals surface area contributed by atoms with Crippen molar-refractivity contribution >= 4 is 10.0 Å². The van der Waals surface area contributed by atoms with Crippen molar-refractivity contribution < 1.29 is 13.5 Å². The summed E-state index contributed by atoms with van der Waals surface area (Å²) in [6.07, 6.45) is -0.114. The van der Waals surface area contributed by atoms with Crippen LogP contribution in [0.25, 0.3) is 0 Å². The molecule has 0 aliphatic heterocycles. The van der Waals surface area contributed by atoms with E-state index in [0.29, 0.717) is 6.42 Å². The maximum atomic E-state index is 11.7. The Hall–Kier alpha value is -0.910. The molecule has 90 valence electrons. The summed E-state index contributed by atoms with van der Waals surface area (Å²) in [7, 11) is -3.49. The third-order valence-electron chi connectivity index (χ3n) is 2.31. The van der Waals surface area contributed by atoms with Crippen LogP contribution in [0.15, 0.2) is 29.2 Å². The van der Waals surface area contributed by atoms with Gasteiger partial charge in [0.2, 0.25) is 10.0 Å². The molecule has 0 amide bonds. The topological polar surface area (TPSA) is 66.4 Å². The van der Waals surface area contributed by atoms with E-state index in [1.54, 1.807) is 31.2 Å². The molecule has 0 aromatic heterocycles. The van der Waals surface area contributed by atoms with Crippen LogP contribution < -0.4 is 4.72 Å². The van der Waals surface area contributed by atoms with E-state index >= 15 is 0 Å². The first kappa shape index (κ1) is 13.2. The molecule has 0 aliphatic rings. The Morgan fingerprint density at radius 3 is 2.38 bits per heavy atom. The van der Waals surface area contributed by atoms with Crippen LogP contribution in [-0.2, 0) is 10.0 Å². The highest BCUT2D eigenvalue weighted by molar-refractivity contribution is 7.89. The van der Waals surface area contributed by atoms with Crippen molar-refractivity contribution in [2.24, 2.45) is 0 Å². The van der Waals surface area contributed by atoms with Crippen molar-refractivity contribution in [2.75, 3.05) is 6.54 Å². The molecule has 0 saturated carbocycles. The van der Waals surface area contributed by atoms with E-state index in [9.17, 15) is 13.5 Å². The third-order valence-corrected chi connectivity index (χ3v) is 3.75. The van der Waals surface area contributed by atoms with Gasteiger partial charge >= 0.3 is 0 Å². The molecule has 0 radical (unpaired) electrons. The average Bonchev–Trinajstić information content (AvgIpc) is 2.26. The second-order valence-corrected chi connectivity index (χ2v) is 5.49. The van der Waals surface area contributed by atoms with Crippen LogP contribution in [-0.4, -0.2) is 26.2 Å². The minimum absolute atomic E-state index is 0.0483. The van der Waals surface area contributed by atoms with Gasteiger partial charge in [-0.05, 0) is 25.5 Å². The Bertz CT molecular complexity index is 425. The molecular weight excluding hydrogens is 226 g/mol. The molecule has 1 atom stereocenters.